The molecule has 3 aliphatic heterocycles. The van der Waals surface area contributed by atoms with Crippen LogP contribution in [0.15, 0.2) is 78.9 Å². The van der Waals surface area contributed by atoms with Crippen LogP contribution in [0.2, 0.25) is 0 Å². The van der Waals surface area contributed by atoms with Gasteiger partial charge in [-0.3, -0.25) is 9.69 Å². The van der Waals surface area contributed by atoms with Gasteiger partial charge in [0.2, 0.25) is 0 Å². The number of halogens is 3. The molecule has 3 fully saturated rings. The molecule has 0 aliphatic carbocycles. The monoisotopic (exact) mass is 540 g/mol. The summed E-state index contributed by atoms with van der Waals surface area (Å²) in [4.78, 5) is 14.4. The largest absolute Gasteiger partial charge is 0.573 e. The van der Waals surface area contributed by atoms with Gasteiger partial charge in [-0.15, -0.1) is 13.2 Å². The number of fused-ring (bicyclic) bond motifs is 3. The number of methoxy groups -OCH3 is 1. The van der Waals surface area contributed by atoms with Crippen LogP contribution in [0.25, 0.3) is 0 Å². The Morgan fingerprint density at radius 3 is 2.26 bits per heavy atom. The molecular weight excluding hydrogens is 509 g/mol. The van der Waals surface area contributed by atoms with E-state index in [0.717, 1.165) is 17.5 Å². The zero-order valence-electron chi connectivity index (χ0n) is 21.5. The minimum Gasteiger partial charge on any atom is -0.496 e. The summed E-state index contributed by atoms with van der Waals surface area (Å²) in [6, 6.07) is 23.2. The van der Waals surface area contributed by atoms with E-state index in [1.165, 1.54) is 25.3 Å². The number of carbonyl (C=O) groups is 1. The highest BCUT2D eigenvalue weighted by Gasteiger charge is 2.52. The first kappa shape index (κ1) is 27.0. The molecule has 206 valence electrons. The quantitative estimate of drug-likeness (QED) is 0.377. The maximum atomic E-state index is 12.9. The number of hydrogen-bond acceptors (Lipinski definition) is 5. The zero-order valence-corrected chi connectivity index (χ0v) is 21.5. The van der Waals surface area contributed by atoms with Gasteiger partial charge in [-0.1, -0.05) is 60.7 Å². The topological polar surface area (TPSA) is 71.0 Å². The number of aliphatic carboxylic acids is 1. The van der Waals surface area contributed by atoms with Gasteiger partial charge in [0.25, 0.3) is 0 Å². The van der Waals surface area contributed by atoms with E-state index in [1.807, 2.05) is 36.4 Å². The molecule has 3 heterocycles. The Kier molecular flexibility index (Phi) is 7.81. The molecule has 39 heavy (non-hydrogen) atoms. The number of rotatable bonds is 9. The Labute approximate surface area is 225 Å². The van der Waals surface area contributed by atoms with Crippen molar-refractivity contribution in [3.05, 3.63) is 95.6 Å². The molecule has 0 spiro atoms. The Hall–Kier alpha value is -3.56. The number of nitrogens with zero attached hydrogens (tertiary/aromatic N) is 1. The minimum absolute atomic E-state index is 0.0802. The average molecular weight is 541 g/mol. The molecule has 0 amide bonds. The molecule has 3 aromatic rings. The molecule has 5 atom stereocenters. The summed E-state index contributed by atoms with van der Waals surface area (Å²) in [5, 5.41) is 13.7. The summed E-state index contributed by atoms with van der Waals surface area (Å²) in [7, 11) is 1.47. The summed E-state index contributed by atoms with van der Waals surface area (Å²) in [6.45, 7) is 0.899. The van der Waals surface area contributed by atoms with Crippen LogP contribution >= 0.6 is 0 Å². The van der Waals surface area contributed by atoms with Gasteiger partial charge in [0.15, 0.2) is 0 Å². The lowest BCUT2D eigenvalue weighted by Crippen LogP contribution is -2.69. The lowest BCUT2D eigenvalue weighted by atomic mass is 9.68. The number of carboxylic acid groups (broad SMARTS) is 1. The van der Waals surface area contributed by atoms with Gasteiger partial charge in [0.05, 0.1) is 7.11 Å². The highest BCUT2D eigenvalue weighted by Crippen LogP contribution is 2.45. The Bertz CT molecular complexity index is 1230. The van der Waals surface area contributed by atoms with Crippen molar-refractivity contribution >= 4 is 5.97 Å². The van der Waals surface area contributed by atoms with Crippen LogP contribution in [-0.2, 0) is 11.3 Å². The van der Waals surface area contributed by atoms with E-state index in [-0.39, 0.29) is 36.2 Å². The van der Waals surface area contributed by atoms with Crippen molar-refractivity contribution in [1.82, 2.24) is 10.2 Å². The summed E-state index contributed by atoms with van der Waals surface area (Å²) < 4.78 is 48.2. The summed E-state index contributed by atoms with van der Waals surface area (Å²) in [6.07, 6.45) is -3.46. The Balaban J connectivity index is 1.52. The van der Waals surface area contributed by atoms with Gasteiger partial charge in [0, 0.05) is 30.1 Å². The van der Waals surface area contributed by atoms with Gasteiger partial charge in [-0.25, -0.2) is 0 Å². The van der Waals surface area contributed by atoms with Crippen molar-refractivity contribution < 1.29 is 32.5 Å². The van der Waals surface area contributed by atoms with Crippen LogP contribution < -0.4 is 14.8 Å². The SMILES string of the molecule is COc1ccc(OC(F)(F)F)cc1CNC1[C@H]2CCN(C(C(=O)O)C2)[C@H]1C(c1ccccc1)c1ccccc1. The summed E-state index contributed by atoms with van der Waals surface area (Å²) in [5.74, 6) is -0.737. The fraction of sp³-hybridized carbons (Fsp3) is 0.367. The number of ether oxygens (including phenoxy) is 2. The minimum atomic E-state index is -4.80. The molecule has 3 unspecified atom stereocenters. The molecule has 0 aromatic heterocycles. The van der Waals surface area contributed by atoms with E-state index in [0.29, 0.717) is 24.3 Å². The highest BCUT2D eigenvalue weighted by molar-refractivity contribution is 5.74. The van der Waals surface area contributed by atoms with E-state index in [1.54, 1.807) is 0 Å². The Morgan fingerprint density at radius 1 is 1.05 bits per heavy atom. The molecule has 6 rings (SSSR count). The van der Waals surface area contributed by atoms with Crippen molar-refractivity contribution in [3.8, 4) is 11.5 Å². The first-order valence-corrected chi connectivity index (χ1v) is 13.0. The van der Waals surface area contributed by atoms with Gasteiger partial charge in [0.1, 0.15) is 17.5 Å². The van der Waals surface area contributed by atoms with Gasteiger partial charge in [-0.2, -0.15) is 0 Å². The Morgan fingerprint density at radius 2 is 1.69 bits per heavy atom. The lowest BCUT2D eigenvalue weighted by Gasteiger charge is -2.56. The third-order valence-corrected chi connectivity index (χ3v) is 7.90. The average Bonchev–Trinajstić information content (AvgIpc) is 2.93. The summed E-state index contributed by atoms with van der Waals surface area (Å²) in [5.41, 5.74) is 2.69. The normalized spacial score (nSPS) is 24.5. The van der Waals surface area contributed by atoms with Gasteiger partial charge < -0.3 is 19.9 Å². The number of alkyl halides is 3. The van der Waals surface area contributed by atoms with E-state index in [2.05, 4.69) is 39.2 Å². The van der Waals surface area contributed by atoms with E-state index >= 15 is 0 Å². The number of benzene rings is 3. The fourth-order valence-electron chi connectivity index (χ4n) is 6.33. The van der Waals surface area contributed by atoms with Crippen molar-refractivity contribution in [3.63, 3.8) is 0 Å². The van der Waals surface area contributed by atoms with E-state index < -0.39 is 18.4 Å². The second kappa shape index (κ2) is 11.3. The molecule has 3 aromatic carbocycles. The molecule has 3 aliphatic rings. The van der Waals surface area contributed by atoms with Gasteiger partial charge in [-0.05, 0) is 54.6 Å². The highest BCUT2D eigenvalue weighted by atomic mass is 19.4. The zero-order chi connectivity index (χ0) is 27.6. The molecule has 2 bridgehead atoms. The number of hydrogen-bond donors (Lipinski definition) is 2. The number of nitrogens with one attached hydrogen (secondary N) is 1. The molecule has 2 N–H and O–H groups in total. The van der Waals surface area contributed by atoms with Crippen LogP contribution in [0.4, 0.5) is 13.2 Å². The van der Waals surface area contributed by atoms with Crippen LogP contribution in [0, 0.1) is 5.92 Å². The molecule has 9 heteroatoms. The van der Waals surface area contributed by atoms with E-state index in [4.69, 9.17) is 4.74 Å². The molecule has 0 radical (unpaired) electrons. The maximum absolute atomic E-state index is 12.9. The fourth-order valence-corrected chi connectivity index (χ4v) is 6.33. The third kappa shape index (κ3) is 5.89. The lowest BCUT2D eigenvalue weighted by molar-refractivity contribution is -0.274. The smallest absolute Gasteiger partial charge is 0.496 e. The standard InChI is InChI=1S/C30H31F3N2O4/c1-38-25-13-12-23(39-30(31,32)33)16-22(25)18-34-27-21-14-15-35(24(17-21)29(36)37)28(27)26(19-8-4-2-5-9-19)20-10-6-3-7-11-20/h2-13,16,21,24,26-28,34H,14-15,17-18H2,1H3,(H,36,37)/t21-,24?,27?,28-/m0/s1. The van der Waals surface area contributed by atoms with Crippen LogP contribution in [0.1, 0.15) is 35.4 Å². The molecule has 6 nitrogen and oxygen atoms in total. The van der Waals surface area contributed by atoms with E-state index in [9.17, 15) is 23.1 Å². The van der Waals surface area contributed by atoms with Crippen LogP contribution in [0.5, 0.6) is 11.5 Å². The number of piperidine rings is 3. The predicted octanol–water partition coefficient (Wildman–Crippen LogP) is 5.43. The molecule has 0 saturated carbocycles. The first-order valence-electron chi connectivity index (χ1n) is 13.0. The predicted molar refractivity (Wildman–Crippen MR) is 140 cm³/mol. The summed E-state index contributed by atoms with van der Waals surface area (Å²) >= 11 is 0. The third-order valence-electron chi connectivity index (χ3n) is 7.90. The second-order valence-electron chi connectivity index (χ2n) is 10.1. The molecule has 3 saturated heterocycles. The van der Waals surface area contributed by atoms with Crippen LogP contribution in [-0.4, -0.2) is 54.1 Å². The van der Waals surface area contributed by atoms with Crippen molar-refractivity contribution in [1.29, 1.82) is 0 Å². The van der Waals surface area contributed by atoms with Crippen LogP contribution in [0.3, 0.4) is 0 Å². The first-order chi connectivity index (χ1) is 18.7. The van der Waals surface area contributed by atoms with Crippen molar-refractivity contribution in [2.75, 3.05) is 13.7 Å². The second-order valence-corrected chi connectivity index (χ2v) is 10.1. The van der Waals surface area contributed by atoms with Crippen molar-refractivity contribution in [2.24, 2.45) is 5.92 Å². The molecular formula is C30H31F3N2O4. The van der Waals surface area contributed by atoms with Crippen molar-refractivity contribution in [2.45, 2.75) is 49.8 Å². The maximum Gasteiger partial charge on any atom is 0.573 e. The number of carboxylic acids is 1. The van der Waals surface area contributed by atoms with Gasteiger partial charge >= 0.3 is 12.3 Å².